The molecule has 0 N–H and O–H groups in total. The molecule has 18 heavy (non-hydrogen) atoms. The van der Waals surface area contributed by atoms with E-state index < -0.39 is 0 Å². The van der Waals surface area contributed by atoms with Gasteiger partial charge >= 0.3 is 0 Å². The van der Waals surface area contributed by atoms with Gasteiger partial charge in [-0.15, -0.1) is 0 Å². The van der Waals surface area contributed by atoms with Crippen molar-refractivity contribution in [3.05, 3.63) is 11.7 Å². The first-order chi connectivity index (χ1) is 8.56. The van der Waals surface area contributed by atoms with E-state index in [1.165, 1.54) is 0 Å². The molecule has 2 heterocycles. The van der Waals surface area contributed by atoms with Crippen molar-refractivity contribution < 1.29 is 9.26 Å². The minimum absolute atomic E-state index is 0.153. The fourth-order valence-corrected chi connectivity index (χ4v) is 2.25. The molecule has 0 amide bonds. The van der Waals surface area contributed by atoms with E-state index in [0.717, 1.165) is 26.2 Å². The SMILES string of the molecule is Cc1noc([C@@H](C)N2CCO[C@@H](CN(C)C)C2)n1. The Morgan fingerprint density at radius 2 is 2.28 bits per heavy atom. The van der Waals surface area contributed by atoms with E-state index in [1.54, 1.807) is 0 Å². The lowest BCUT2D eigenvalue weighted by Gasteiger charge is -2.36. The highest BCUT2D eigenvalue weighted by atomic mass is 16.5. The predicted octanol–water partition coefficient (Wildman–Crippen LogP) is 0.701. The molecule has 0 spiro atoms. The largest absolute Gasteiger partial charge is 0.374 e. The maximum absolute atomic E-state index is 5.76. The van der Waals surface area contributed by atoms with Gasteiger partial charge in [-0.1, -0.05) is 5.16 Å². The quantitative estimate of drug-likeness (QED) is 0.788. The summed E-state index contributed by atoms with van der Waals surface area (Å²) in [5, 5.41) is 3.85. The molecular formula is C12H22N4O2. The van der Waals surface area contributed by atoms with E-state index in [-0.39, 0.29) is 12.1 Å². The van der Waals surface area contributed by atoms with Crippen molar-refractivity contribution in [2.45, 2.75) is 26.0 Å². The Labute approximate surface area is 108 Å². The number of rotatable bonds is 4. The van der Waals surface area contributed by atoms with Crippen LogP contribution in [0.5, 0.6) is 0 Å². The fraction of sp³-hybridized carbons (Fsp3) is 0.833. The summed E-state index contributed by atoms with van der Waals surface area (Å²) < 4.78 is 11.0. The minimum atomic E-state index is 0.153. The number of aryl methyl sites for hydroxylation is 1. The molecule has 2 atom stereocenters. The van der Waals surface area contributed by atoms with Crippen LogP contribution in [-0.2, 0) is 4.74 Å². The lowest BCUT2D eigenvalue weighted by molar-refractivity contribution is -0.0533. The Morgan fingerprint density at radius 3 is 2.89 bits per heavy atom. The van der Waals surface area contributed by atoms with Crippen molar-refractivity contribution in [3.63, 3.8) is 0 Å². The highest BCUT2D eigenvalue weighted by molar-refractivity contribution is 4.92. The van der Waals surface area contributed by atoms with Crippen molar-refractivity contribution in [2.24, 2.45) is 0 Å². The Kier molecular flexibility index (Phi) is 4.31. The zero-order chi connectivity index (χ0) is 13.1. The first-order valence-corrected chi connectivity index (χ1v) is 6.37. The smallest absolute Gasteiger partial charge is 0.243 e. The molecule has 6 nitrogen and oxygen atoms in total. The second-order valence-electron chi connectivity index (χ2n) is 5.11. The number of ether oxygens (including phenoxy) is 1. The van der Waals surface area contributed by atoms with Crippen LogP contribution >= 0.6 is 0 Å². The highest BCUT2D eigenvalue weighted by Crippen LogP contribution is 2.21. The number of hydrogen-bond acceptors (Lipinski definition) is 6. The van der Waals surface area contributed by atoms with Crippen molar-refractivity contribution in [1.82, 2.24) is 19.9 Å². The van der Waals surface area contributed by atoms with Crippen LogP contribution in [0.2, 0.25) is 0 Å². The summed E-state index contributed by atoms with van der Waals surface area (Å²) in [5.41, 5.74) is 0. The van der Waals surface area contributed by atoms with E-state index in [4.69, 9.17) is 9.26 Å². The van der Waals surface area contributed by atoms with Crippen LogP contribution < -0.4 is 0 Å². The minimum Gasteiger partial charge on any atom is -0.374 e. The lowest BCUT2D eigenvalue weighted by atomic mass is 10.2. The average Bonchev–Trinajstić information content (AvgIpc) is 2.74. The molecule has 1 aromatic heterocycles. The first-order valence-electron chi connectivity index (χ1n) is 6.37. The van der Waals surface area contributed by atoms with E-state index in [0.29, 0.717) is 11.7 Å². The van der Waals surface area contributed by atoms with Gasteiger partial charge in [-0.3, -0.25) is 4.90 Å². The molecule has 0 aliphatic carbocycles. The molecule has 0 bridgehead atoms. The van der Waals surface area contributed by atoms with E-state index in [1.807, 2.05) is 6.92 Å². The maximum atomic E-state index is 5.76. The van der Waals surface area contributed by atoms with Crippen LogP contribution in [0.4, 0.5) is 0 Å². The molecule has 1 fully saturated rings. The molecule has 0 aromatic carbocycles. The van der Waals surface area contributed by atoms with Crippen LogP contribution in [-0.4, -0.2) is 66.4 Å². The van der Waals surface area contributed by atoms with Gasteiger partial charge in [0, 0.05) is 19.6 Å². The van der Waals surface area contributed by atoms with Crippen LogP contribution in [0, 0.1) is 6.92 Å². The molecule has 0 saturated carbocycles. The topological polar surface area (TPSA) is 54.6 Å². The first kappa shape index (κ1) is 13.5. The van der Waals surface area contributed by atoms with Gasteiger partial charge in [-0.05, 0) is 27.9 Å². The Bertz CT molecular complexity index is 380. The summed E-state index contributed by atoms with van der Waals surface area (Å²) in [6.45, 7) is 7.45. The number of hydrogen-bond donors (Lipinski definition) is 0. The predicted molar refractivity (Wildman–Crippen MR) is 67.3 cm³/mol. The molecule has 102 valence electrons. The summed E-state index contributed by atoms with van der Waals surface area (Å²) in [4.78, 5) is 8.79. The molecule has 0 unspecified atom stereocenters. The van der Waals surface area contributed by atoms with Gasteiger partial charge in [-0.25, -0.2) is 0 Å². The lowest BCUT2D eigenvalue weighted by Crippen LogP contribution is -2.47. The van der Waals surface area contributed by atoms with Crippen LogP contribution in [0.1, 0.15) is 24.7 Å². The zero-order valence-electron chi connectivity index (χ0n) is 11.6. The second kappa shape index (κ2) is 5.77. The molecule has 1 saturated heterocycles. The van der Waals surface area contributed by atoms with Gasteiger partial charge in [0.05, 0.1) is 18.8 Å². The zero-order valence-corrected chi connectivity index (χ0v) is 11.6. The van der Waals surface area contributed by atoms with Gasteiger partial charge in [-0.2, -0.15) is 4.98 Å². The van der Waals surface area contributed by atoms with E-state index >= 15 is 0 Å². The van der Waals surface area contributed by atoms with Gasteiger partial charge in [0.25, 0.3) is 0 Å². The normalized spacial score (nSPS) is 23.5. The monoisotopic (exact) mass is 254 g/mol. The highest BCUT2D eigenvalue weighted by Gasteiger charge is 2.27. The van der Waals surface area contributed by atoms with Crippen LogP contribution in [0.25, 0.3) is 0 Å². The molecule has 2 rings (SSSR count). The maximum Gasteiger partial charge on any atom is 0.243 e. The van der Waals surface area contributed by atoms with Gasteiger partial charge in [0.2, 0.25) is 5.89 Å². The summed E-state index contributed by atoms with van der Waals surface area (Å²) in [6.07, 6.45) is 0.250. The molecule has 0 radical (unpaired) electrons. The summed E-state index contributed by atoms with van der Waals surface area (Å²) in [7, 11) is 4.13. The van der Waals surface area contributed by atoms with Crippen molar-refractivity contribution in [3.8, 4) is 0 Å². The van der Waals surface area contributed by atoms with Gasteiger partial charge in [0.1, 0.15) is 0 Å². The van der Waals surface area contributed by atoms with Gasteiger partial charge < -0.3 is 14.2 Å². The third kappa shape index (κ3) is 3.28. The summed E-state index contributed by atoms with van der Waals surface area (Å²) >= 11 is 0. The molecule has 1 aromatic rings. The molecular weight excluding hydrogens is 232 g/mol. The molecule has 6 heteroatoms. The van der Waals surface area contributed by atoms with Crippen molar-refractivity contribution in [2.75, 3.05) is 40.3 Å². The molecule has 1 aliphatic heterocycles. The standard InChI is InChI=1S/C12H22N4O2/c1-9(12-13-10(2)14-18-12)16-5-6-17-11(8-16)7-15(3)4/h9,11H,5-8H2,1-4H3/t9-,11+/m1/s1. The van der Waals surface area contributed by atoms with E-state index in [9.17, 15) is 0 Å². The molecule has 1 aliphatic rings. The van der Waals surface area contributed by atoms with Gasteiger partial charge in [0.15, 0.2) is 5.82 Å². The Morgan fingerprint density at radius 1 is 1.50 bits per heavy atom. The Balaban J connectivity index is 1.95. The van der Waals surface area contributed by atoms with Crippen LogP contribution in [0.3, 0.4) is 0 Å². The second-order valence-corrected chi connectivity index (χ2v) is 5.11. The van der Waals surface area contributed by atoms with Crippen LogP contribution in [0.15, 0.2) is 4.52 Å². The summed E-state index contributed by atoms with van der Waals surface area (Å²) in [6, 6.07) is 0.153. The number of morpholine rings is 1. The summed E-state index contributed by atoms with van der Waals surface area (Å²) in [5.74, 6) is 1.38. The third-order valence-electron chi connectivity index (χ3n) is 3.19. The number of aromatic nitrogens is 2. The number of nitrogens with zero attached hydrogens (tertiary/aromatic N) is 4. The van der Waals surface area contributed by atoms with Crippen molar-refractivity contribution >= 4 is 0 Å². The Hall–Kier alpha value is -0.980. The number of likely N-dealkylation sites (N-methyl/N-ethyl adjacent to an activating group) is 1. The third-order valence-corrected chi connectivity index (χ3v) is 3.19. The van der Waals surface area contributed by atoms with Crippen molar-refractivity contribution in [1.29, 1.82) is 0 Å². The van der Waals surface area contributed by atoms with E-state index in [2.05, 4.69) is 41.0 Å². The average molecular weight is 254 g/mol. The fourth-order valence-electron chi connectivity index (χ4n) is 2.25.